The first kappa shape index (κ1) is 13.9. The number of nitrogens with two attached hydrogens (primary N) is 1. The third kappa shape index (κ3) is 2.47. The molecule has 0 radical (unpaired) electrons. The molecule has 0 aliphatic rings. The number of nitrogens with zero attached hydrogens (tertiary/aromatic N) is 1. The Hall–Kier alpha value is -2.07. The van der Waals surface area contributed by atoms with Gasteiger partial charge in [-0.1, -0.05) is 47.1 Å². The maximum atomic E-state index is 6.03. The molecule has 3 aromatic rings. The fraction of sp³-hybridized carbons (Fsp3) is 0.118. The van der Waals surface area contributed by atoms with Crippen molar-refractivity contribution >= 4 is 21.7 Å². The summed E-state index contributed by atoms with van der Waals surface area (Å²) in [7, 11) is 0. The summed E-state index contributed by atoms with van der Waals surface area (Å²) in [5, 5.41) is 3.95. The minimum atomic E-state index is 0.406. The van der Waals surface area contributed by atoms with Crippen LogP contribution in [0.3, 0.4) is 0 Å². The zero-order chi connectivity index (χ0) is 15.0. The summed E-state index contributed by atoms with van der Waals surface area (Å²) in [4.78, 5) is 0. The van der Waals surface area contributed by atoms with Crippen LogP contribution in [0.25, 0.3) is 22.5 Å². The lowest BCUT2D eigenvalue weighted by Crippen LogP contribution is -1.90. The Labute approximate surface area is 131 Å². The molecular weight excluding hydrogens is 328 g/mol. The Balaban J connectivity index is 2.24. The SMILES string of the molecule is Cc1cccc(-c2c(N)noc2-c2cccc(C)c2Br)c1. The molecule has 0 unspecified atom stereocenters. The molecule has 0 bridgehead atoms. The summed E-state index contributed by atoms with van der Waals surface area (Å²) in [6, 6.07) is 14.2. The molecule has 1 aromatic heterocycles. The predicted molar refractivity (Wildman–Crippen MR) is 89.0 cm³/mol. The van der Waals surface area contributed by atoms with Crippen LogP contribution < -0.4 is 5.73 Å². The molecule has 2 N–H and O–H groups in total. The molecule has 106 valence electrons. The Kier molecular flexibility index (Phi) is 3.55. The molecule has 1 heterocycles. The molecule has 4 heteroatoms. The number of anilines is 1. The van der Waals surface area contributed by atoms with Gasteiger partial charge in [-0.15, -0.1) is 0 Å². The Morgan fingerprint density at radius 3 is 2.62 bits per heavy atom. The molecule has 3 nitrogen and oxygen atoms in total. The smallest absolute Gasteiger partial charge is 0.178 e. The van der Waals surface area contributed by atoms with Gasteiger partial charge in [0.25, 0.3) is 0 Å². The second-order valence-corrected chi connectivity index (χ2v) is 5.87. The topological polar surface area (TPSA) is 52.0 Å². The standard InChI is InChI=1S/C17H15BrN2O/c1-10-5-3-7-12(9-10)14-16(21-20-17(14)19)13-8-4-6-11(2)15(13)18/h3-9H,1-2H3,(H2,19,20). The Morgan fingerprint density at radius 2 is 1.86 bits per heavy atom. The minimum Gasteiger partial charge on any atom is -0.380 e. The van der Waals surface area contributed by atoms with Gasteiger partial charge in [-0.05, 0) is 47.0 Å². The van der Waals surface area contributed by atoms with E-state index in [-0.39, 0.29) is 0 Å². The number of halogens is 1. The summed E-state index contributed by atoms with van der Waals surface area (Å²) in [5.41, 5.74) is 11.1. The fourth-order valence-corrected chi connectivity index (χ4v) is 2.83. The average molecular weight is 343 g/mol. The van der Waals surface area contributed by atoms with Crippen molar-refractivity contribution in [2.24, 2.45) is 0 Å². The first-order valence-corrected chi connectivity index (χ1v) is 7.45. The molecule has 0 spiro atoms. The summed E-state index contributed by atoms with van der Waals surface area (Å²) < 4.78 is 6.50. The van der Waals surface area contributed by atoms with E-state index in [4.69, 9.17) is 10.3 Å². The lowest BCUT2D eigenvalue weighted by molar-refractivity contribution is 0.436. The van der Waals surface area contributed by atoms with E-state index in [0.717, 1.165) is 26.7 Å². The van der Waals surface area contributed by atoms with Gasteiger partial charge < -0.3 is 10.3 Å². The first-order chi connectivity index (χ1) is 10.1. The van der Waals surface area contributed by atoms with E-state index in [0.29, 0.717) is 11.6 Å². The van der Waals surface area contributed by atoms with Crippen molar-refractivity contribution < 1.29 is 4.52 Å². The molecule has 0 aliphatic carbocycles. The van der Waals surface area contributed by atoms with E-state index in [1.54, 1.807) is 0 Å². The van der Waals surface area contributed by atoms with Crippen LogP contribution in [0.4, 0.5) is 5.82 Å². The van der Waals surface area contributed by atoms with Gasteiger partial charge in [0.15, 0.2) is 11.6 Å². The minimum absolute atomic E-state index is 0.406. The average Bonchev–Trinajstić information content (AvgIpc) is 2.83. The van der Waals surface area contributed by atoms with E-state index in [9.17, 15) is 0 Å². The monoisotopic (exact) mass is 342 g/mol. The zero-order valence-electron chi connectivity index (χ0n) is 11.9. The summed E-state index contributed by atoms with van der Waals surface area (Å²) in [6.45, 7) is 4.09. The summed E-state index contributed by atoms with van der Waals surface area (Å²) in [5.74, 6) is 1.10. The van der Waals surface area contributed by atoms with Gasteiger partial charge in [-0.2, -0.15) is 0 Å². The molecule has 0 saturated carbocycles. The number of rotatable bonds is 2. The lowest BCUT2D eigenvalue weighted by Gasteiger charge is -2.07. The number of benzene rings is 2. The third-order valence-electron chi connectivity index (χ3n) is 3.46. The van der Waals surface area contributed by atoms with E-state index in [2.05, 4.69) is 40.1 Å². The molecule has 0 fully saturated rings. The van der Waals surface area contributed by atoms with Crippen molar-refractivity contribution in [1.29, 1.82) is 0 Å². The van der Waals surface area contributed by atoms with E-state index >= 15 is 0 Å². The molecule has 21 heavy (non-hydrogen) atoms. The van der Waals surface area contributed by atoms with Crippen molar-refractivity contribution in [2.45, 2.75) is 13.8 Å². The van der Waals surface area contributed by atoms with E-state index in [1.165, 1.54) is 5.56 Å². The zero-order valence-corrected chi connectivity index (χ0v) is 13.4. The van der Waals surface area contributed by atoms with Crippen molar-refractivity contribution in [2.75, 3.05) is 5.73 Å². The van der Waals surface area contributed by atoms with E-state index in [1.807, 2.05) is 37.3 Å². The van der Waals surface area contributed by atoms with Gasteiger partial charge in [0, 0.05) is 10.0 Å². The van der Waals surface area contributed by atoms with Crippen LogP contribution in [0.1, 0.15) is 11.1 Å². The number of aromatic nitrogens is 1. The van der Waals surface area contributed by atoms with Crippen LogP contribution in [-0.2, 0) is 0 Å². The molecule has 2 aromatic carbocycles. The van der Waals surface area contributed by atoms with Crippen LogP contribution in [-0.4, -0.2) is 5.16 Å². The van der Waals surface area contributed by atoms with Crippen LogP contribution in [0.15, 0.2) is 51.5 Å². The van der Waals surface area contributed by atoms with Crippen LogP contribution in [0, 0.1) is 13.8 Å². The third-order valence-corrected chi connectivity index (χ3v) is 4.51. The van der Waals surface area contributed by atoms with E-state index < -0.39 is 0 Å². The number of hydrogen-bond acceptors (Lipinski definition) is 3. The second-order valence-electron chi connectivity index (χ2n) is 5.08. The van der Waals surface area contributed by atoms with Crippen molar-refractivity contribution in [3.63, 3.8) is 0 Å². The number of aryl methyl sites for hydroxylation is 2. The molecule has 3 rings (SSSR count). The van der Waals surface area contributed by atoms with Crippen LogP contribution >= 0.6 is 15.9 Å². The van der Waals surface area contributed by atoms with Gasteiger partial charge in [-0.25, -0.2) is 0 Å². The lowest BCUT2D eigenvalue weighted by atomic mass is 9.99. The normalized spacial score (nSPS) is 10.8. The molecular formula is C17H15BrN2O. The predicted octanol–water partition coefficient (Wildman–Crippen LogP) is 4.97. The molecule has 0 saturated heterocycles. The Bertz CT molecular complexity index is 808. The largest absolute Gasteiger partial charge is 0.380 e. The summed E-state index contributed by atoms with van der Waals surface area (Å²) >= 11 is 3.62. The Morgan fingerprint density at radius 1 is 1.10 bits per heavy atom. The highest BCUT2D eigenvalue weighted by Gasteiger charge is 2.20. The quantitative estimate of drug-likeness (QED) is 0.715. The van der Waals surface area contributed by atoms with Crippen LogP contribution in [0.2, 0.25) is 0 Å². The highest BCUT2D eigenvalue weighted by atomic mass is 79.9. The van der Waals surface area contributed by atoms with Gasteiger partial charge in [0.1, 0.15) is 0 Å². The second kappa shape index (κ2) is 5.37. The molecule has 0 amide bonds. The fourth-order valence-electron chi connectivity index (χ4n) is 2.39. The molecule has 0 atom stereocenters. The molecule has 0 aliphatic heterocycles. The number of nitrogen functional groups attached to an aromatic ring is 1. The van der Waals surface area contributed by atoms with Gasteiger partial charge in [0.2, 0.25) is 0 Å². The van der Waals surface area contributed by atoms with Gasteiger partial charge in [-0.3, -0.25) is 0 Å². The highest BCUT2D eigenvalue weighted by Crippen LogP contribution is 2.40. The van der Waals surface area contributed by atoms with Crippen LogP contribution in [0.5, 0.6) is 0 Å². The van der Waals surface area contributed by atoms with Gasteiger partial charge in [0.05, 0.1) is 5.56 Å². The highest BCUT2D eigenvalue weighted by molar-refractivity contribution is 9.10. The maximum Gasteiger partial charge on any atom is 0.178 e. The maximum absolute atomic E-state index is 6.03. The van der Waals surface area contributed by atoms with Gasteiger partial charge >= 0.3 is 0 Å². The van der Waals surface area contributed by atoms with Crippen molar-refractivity contribution in [1.82, 2.24) is 5.16 Å². The van der Waals surface area contributed by atoms with Crippen molar-refractivity contribution in [3.8, 4) is 22.5 Å². The first-order valence-electron chi connectivity index (χ1n) is 6.65. The number of hydrogen-bond donors (Lipinski definition) is 1. The van der Waals surface area contributed by atoms with Crippen molar-refractivity contribution in [3.05, 3.63) is 58.1 Å². The summed E-state index contributed by atoms with van der Waals surface area (Å²) in [6.07, 6.45) is 0.